The maximum atomic E-state index is 13.0. The molecule has 0 aromatic heterocycles. The van der Waals surface area contributed by atoms with Crippen LogP contribution in [0.3, 0.4) is 0 Å². The third kappa shape index (κ3) is 5.60. The van der Waals surface area contributed by atoms with Crippen molar-refractivity contribution in [1.29, 1.82) is 0 Å². The second-order valence-corrected chi connectivity index (χ2v) is 10.0. The van der Waals surface area contributed by atoms with Gasteiger partial charge in [-0.1, -0.05) is 30.3 Å². The molecule has 1 aliphatic carbocycles. The molecule has 8 heteroatoms. The third-order valence-electron chi connectivity index (χ3n) is 7.86. The molecule has 2 aromatic rings. The first kappa shape index (κ1) is 26.9. The Bertz CT molecular complexity index is 1170. The average molecular weight is 515 g/mol. The number of hydrogen-bond donors (Lipinski definition) is 2. The number of alkyl halides is 3. The van der Waals surface area contributed by atoms with Gasteiger partial charge in [0.1, 0.15) is 5.75 Å². The van der Waals surface area contributed by atoms with Crippen LogP contribution in [0.4, 0.5) is 13.2 Å². The summed E-state index contributed by atoms with van der Waals surface area (Å²) in [6.07, 6.45) is 2.91. The molecule has 37 heavy (non-hydrogen) atoms. The largest absolute Gasteiger partial charge is 0.508 e. The predicted octanol–water partition coefficient (Wildman–Crippen LogP) is 5.31. The number of nitrogens with zero attached hydrogens (tertiary/aromatic N) is 1. The summed E-state index contributed by atoms with van der Waals surface area (Å²) in [6, 6.07) is 12.0. The van der Waals surface area contributed by atoms with E-state index in [2.05, 4.69) is 16.8 Å². The number of hydrogen-bond acceptors (Lipinski definition) is 4. The van der Waals surface area contributed by atoms with Crippen molar-refractivity contribution >= 4 is 12.0 Å². The van der Waals surface area contributed by atoms with E-state index < -0.39 is 22.8 Å². The number of piperidine rings is 1. The molecule has 0 radical (unpaired) electrons. The number of carbonyl (C=O) groups is 1. The van der Waals surface area contributed by atoms with E-state index in [1.54, 1.807) is 19.2 Å². The standard InChI is InChI=1S/C29H33F3N2O3/c1-3-15-34-16-14-27(22-7-5-9-25(35)18-22)19-24(12-13-28(27,20-34)37-2)33-26(36)11-10-21-6-4-8-23(17-21)29(30,31)32/h3-11,17-18,24,35H,1,12-16,19-20H2,2H3,(H,33,36). The van der Waals surface area contributed by atoms with Gasteiger partial charge in [-0.3, -0.25) is 9.69 Å². The zero-order valence-electron chi connectivity index (χ0n) is 20.9. The minimum absolute atomic E-state index is 0.157. The fourth-order valence-corrected chi connectivity index (χ4v) is 6.10. The lowest BCUT2D eigenvalue weighted by molar-refractivity contribution is -0.148. The molecule has 1 amide bonds. The highest BCUT2D eigenvalue weighted by atomic mass is 19.4. The summed E-state index contributed by atoms with van der Waals surface area (Å²) in [6.45, 7) is 6.15. The van der Waals surface area contributed by atoms with E-state index in [4.69, 9.17) is 4.74 Å². The van der Waals surface area contributed by atoms with Gasteiger partial charge in [0.25, 0.3) is 0 Å². The molecule has 5 nitrogen and oxygen atoms in total. The number of halogens is 3. The summed E-state index contributed by atoms with van der Waals surface area (Å²) in [5, 5.41) is 13.3. The number of nitrogens with one attached hydrogen (secondary N) is 1. The van der Waals surface area contributed by atoms with Gasteiger partial charge in [0.15, 0.2) is 0 Å². The predicted molar refractivity (Wildman–Crippen MR) is 137 cm³/mol. The molecule has 1 saturated carbocycles. The molecule has 2 N–H and O–H groups in total. The van der Waals surface area contributed by atoms with E-state index in [1.165, 1.54) is 24.3 Å². The Kier molecular flexibility index (Phi) is 7.80. The molecular formula is C29H33F3N2O3. The van der Waals surface area contributed by atoms with E-state index in [0.717, 1.165) is 37.2 Å². The molecule has 1 saturated heterocycles. The number of carbonyl (C=O) groups excluding carboxylic acids is 1. The molecule has 0 spiro atoms. The van der Waals surface area contributed by atoms with Crippen LogP contribution < -0.4 is 5.32 Å². The zero-order valence-corrected chi connectivity index (χ0v) is 20.9. The second kappa shape index (κ2) is 10.7. The highest BCUT2D eigenvalue weighted by molar-refractivity contribution is 5.92. The van der Waals surface area contributed by atoms with E-state index in [0.29, 0.717) is 31.4 Å². The van der Waals surface area contributed by atoms with Crippen molar-refractivity contribution in [2.75, 3.05) is 26.7 Å². The second-order valence-electron chi connectivity index (χ2n) is 10.0. The average Bonchev–Trinajstić information content (AvgIpc) is 2.87. The number of methoxy groups -OCH3 is 1. The zero-order chi connectivity index (χ0) is 26.7. The summed E-state index contributed by atoms with van der Waals surface area (Å²) >= 11 is 0. The summed E-state index contributed by atoms with van der Waals surface area (Å²) in [7, 11) is 1.73. The van der Waals surface area contributed by atoms with Crippen LogP contribution in [0.2, 0.25) is 0 Å². The minimum Gasteiger partial charge on any atom is -0.508 e. The van der Waals surface area contributed by atoms with Crippen molar-refractivity contribution in [2.45, 2.75) is 48.9 Å². The highest BCUT2D eigenvalue weighted by Gasteiger charge is 2.58. The smallest absolute Gasteiger partial charge is 0.416 e. The fourth-order valence-electron chi connectivity index (χ4n) is 6.10. The highest BCUT2D eigenvalue weighted by Crippen LogP contribution is 2.53. The minimum atomic E-state index is -4.44. The van der Waals surface area contributed by atoms with Gasteiger partial charge in [-0.15, -0.1) is 6.58 Å². The Labute approximate surface area is 215 Å². The van der Waals surface area contributed by atoms with Crippen LogP contribution in [0.15, 0.2) is 67.3 Å². The third-order valence-corrected chi connectivity index (χ3v) is 7.86. The van der Waals surface area contributed by atoms with Gasteiger partial charge >= 0.3 is 6.18 Å². The van der Waals surface area contributed by atoms with E-state index in [9.17, 15) is 23.1 Å². The lowest BCUT2D eigenvalue weighted by Crippen LogP contribution is -2.67. The molecular weight excluding hydrogens is 481 g/mol. The Morgan fingerprint density at radius 3 is 2.73 bits per heavy atom. The Morgan fingerprint density at radius 2 is 2.03 bits per heavy atom. The van der Waals surface area contributed by atoms with Crippen LogP contribution in [0.1, 0.15) is 42.4 Å². The number of aromatic hydroxyl groups is 1. The van der Waals surface area contributed by atoms with Crippen molar-refractivity contribution < 1.29 is 27.8 Å². The van der Waals surface area contributed by atoms with E-state index in [1.807, 2.05) is 18.2 Å². The van der Waals surface area contributed by atoms with Gasteiger partial charge in [-0.05, 0) is 73.7 Å². The van der Waals surface area contributed by atoms with Crippen LogP contribution in [0, 0.1) is 0 Å². The maximum absolute atomic E-state index is 13.0. The number of phenols is 1. The Hall–Kier alpha value is -3.10. The molecule has 3 unspecified atom stereocenters. The number of amides is 1. The lowest BCUT2D eigenvalue weighted by Gasteiger charge is -2.59. The first-order valence-electron chi connectivity index (χ1n) is 12.4. The fraction of sp³-hybridized carbons (Fsp3) is 0.414. The summed E-state index contributed by atoms with van der Waals surface area (Å²) < 4.78 is 45.3. The van der Waals surface area contributed by atoms with Crippen LogP contribution in [-0.2, 0) is 21.1 Å². The molecule has 2 fully saturated rings. The Morgan fingerprint density at radius 1 is 1.24 bits per heavy atom. The van der Waals surface area contributed by atoms with Gasteiger partial charge in [-0.2, -0.15) is 13.2 Å². The SMILES string of the molecule is C=CCN1CCC2(c3cccc(O)c3)CC(NC(=O)C=Cc3cccc(C(F)(F)F)c3)CCC2(OC)C1. The van der Waals surface area contributed by atoms with Crippen molar-refractivity contribution in [1.82, 2.24) is 10.2 Å². The molecule has 0 bridgehead atoms. The van der Waals surface area contributed by atoms with Crippen molar-refractivity contribution in [3.05, 3.63) is 84.0 Å². The van der Waals surface area contributed by atoms with Gasteiger partial charge in [0, 0.05) is 37.7 Å². The van der Waals surface area contributed by atoms with E-state index in [-0.39, 0.29) is 17.7 Å². The van der Waals surface area contributed by atoms with Gasteiger partial charge in [0.2, 0.25) is 5.91 Å². The molecule has 3 atom stereocenters. The van der Waals surface area contributed by atoms with Crippen molar-refractivity contribution in [3.63, 3.8) is 0 Å². The molecule has 198 valence electrons. The van der Waals surface area contributed by atoms with Crippen LogP contribution in [0.25, 0.3) is 6.08 Å². The number of rotatable bonds is 7. The molecule has 1 aliphatic heterocycles. The summed E-state index contributed by atoms with van der Waals surface area (Å²) in [4.78, 5) is 15.1. The summed E-state index contributed by atoms with van der Waals surface area (Å²) in [5.74, 6) is -0.178. The van der Waals surface area contributed by atoms with Crippen LogP contribution in [0.5, 0.6) is 5.75 Å². The van der Waals surface area contributed by atoms with Crippen LogP contribution in [-0.4, -0.2) is 54.3 Å². The van der Waals surface area contributed by atoms with Gasteiger partial charge in [-0.25, -0.2) is 0 Å². The maximum Gasteiger partial charge on any atom is 0.416 e. The number of ether oxygens (including phenoxy) is 1. The Balaban J connectivity index is 1.56. The topological polar surface area (TPSA) is 61.8 Å². The quantitative estimate of drug-likeness (QED) is 0.389. The normalized spacial score (nSPS) is 26.5. The first-order chi connectivity index (χ1) is 17.6. The number of likely N-dealkylation sites (tertiary alicyclic amines) is 1. The monoisotopic (exact) mass is 514 g/mol. The lowest BCUT2D eigenvalue weighted by atomic mass is 9.55. The molecule has 2 aromatic carbocycles. The summed E-state index contributed by atoms with van der Waals surface area (Å²) in [5.41, 5.74) is -0.408. The molecule has 1 heterocycles. The van der Waals surface area contributed by atoms with Gasteiger partial charge < -0.3 is 15.2 Å². The molecule has 2 aliphatic rings. The van der Waals surface area contributed by atoms with Crippen molar-refractivity contribution in [3.8, 4) is 5.75 Å². The van der Waals surface area contributed by atoms with E-state index >= 15 is 0 Å². The molecule has 4 rings (SSSR count). The van der Waals surface area contributed by atoms with Crippen molar-refractivity contribution in [2.24, 2.45) is 0 Å². The van der Waals surface area contributed by atoms with Gasteiger partial charge in [0.05, 0.1) is 11.2 Å². The van der Waals surface area contributed by atoms with Crippen LogP contribution >= 0.6 is 0 Å². The number of fused-ring (bicyclic) bond motifs is 1. The first-order valence-corrected chi connectivity index (χ1v) is 12.4. The number of phenolic OH excluding ortho intramolecular Hbond substituents is 1. The number of benzene rings is 2.